The number of nitrogens with zero attached hydrogens (tertiary/aromatic N) is 1. The lowest BCUT2D eigenvalue weighted by atomic mass is 10.2. The van der Waals surface area contributed by atoms with Crippen LogP contribution in [0, 0.1) is 0 Å². The number of hydrogen-bond donors (Lipinski definition) is 2. The number of carbonyl (C=O) groups is 1. The number of nitrogens with one attached hydrogen (secondary N) is 2. The number of benzene rings is 1. The maximum Gasteiger partial charge on any atom is 0.255 e. The number of amides is 1. The third kappa shape index (κ3) is 5.17. The van der Waals surface area contributed by atoms with E-state index in [0.29, 0.717) is 23.7 Å². The molecule has 0 spiro atoms. The second kappa shape index (κ2) is 8.43. The normalized spacial score (nSPS) is 12.0. The molecule has 1 aromatic heterocycles. The van der Waals surface area contributed by atoms with E-state index < -0.39 is 10.8 Å². The van der Waals surface area contributed by atoms with Gasteiger partial charge in [-0.05, 0) is 38.1 Å². The maximum atomic E-state index is 12.3. The molecule has 1 aromatic carbocycles. The van der Waals surface area contributed by atoms with E-state index in [9.17, 15) is 9.00 Å². The summed E-state index contributed by atoms with van der Waals surface area (Å²) in [5.41, 5.74) is 0.492. The SMILES string of the molecule is CC(C)Nc1ncccc1C(=O)NCCS(=O)c1ccccc1. The molecule has 1 amide bonds. The summed E-state index contributed by atoms with van der Waals surface area (Å²) in [7, 11) is -1.12. The van der Waals surface area contributed by atoms with Gasteiger partial charge in [-0.2, -0.15) is 0 Å². The Balaban J connectivity index is 1.92. The van der Waals surface area contributed by atoms with Gasteiger partial charge in [0.05, 0.1) is 16.4 Å². The third-order valence-corrected chi connectivity index (χ3v) is 4.43. The van der Waals surface area contributed by atoms with Gasteiger partial charge in [0.25, 0.3) is 5.91 Å². The molecule has 23 heavy (non-hydrogen) atoms. The van der Waals surface area contributed by atoms with Crippen LogP contribution in [0.2, 0.25) is 0 Å². The van der Waals surface area contributed by atoms with Gasteiger partial charge in [0.1, 0.15) is 5.82 Å². The van der Waals surface area contributed by atoms with Gasteiger partial charge in [0.2, 0.25) is 0 Å². The number of rotatable bonds is 7. The average molecular weight is 331 g/mol. The first kappa shape index (κ1) is 17.1. The van der Waals surface area contributed by atoms with Crippen LogP contribution < -0.4 is 10.6 Å². The molecule has 0 aliphatic heterocycles. The topological polar surface area (TPSA) is 71.1 Å². The van der Waals surface area contributed by atoms with E-state index in [2.05, 4.69) is 15.6 Å². The van der Waals surface area contributed by atoms with Crippen molar-refractivity contribution in [1.29, 1.82) is 0 Å². The average Bonchev–Trinajstić information content (AvgIpc) is 2.55. The van der Waals surface area contributed by atoms with Gasteiger partial charge in [-0.15, -0.1) is 0 Å². The van der Waals surface area contributed by atoms with Crippen LogP contribution in [0.15, 0.2) is 53.6 Å². The maximum absolute atomic E-state index is 12.3. The Hall–Kier alpha value is -2.21. The number of carbonyl (C=O) groups excluding carboxylic acids is 1. The van der Waals surface area contributed by atoms with Gasteiger partial charge < -0.3 is 10.6 Å². The fourth-order valence-electron chi connectivity index (χ4n) is 2.02. The van der Waals surface area contributed by atoms with Crippen molar-refractivity contribution in [2.24, 2.45) is 0 Å². The summed E-state index contributed by atoms with van der Waals surface area (Å²) in [5, 5.41) is 5.95. The molecule has 0 radical (unpaired) electrons. The molecule has 0 bridgehead atoms. The van der Waals surface area contributed by atoms with Gasteiger partial charge in [0, 0.05) is 29.4 Å². The van der Waals surface area contributed by atoms with Crippen molar-refractivity contribution in [3.05, 3.63) is 54.2 Å². The van der Waals surface area contributed by atoms with Crippen molar-refractivity contribution >= 4 is 22.5 Å². The van der Waals surface area contributed by atoms with Crippen molar-refractivity contribution in [2.45, 2.75) is 24.8 Å². The lowest BCUT2D eigenvalue weighted by Crippen LogP contribution is -2.29. The molecule has 0 aliphatic rings. The highest BCUT2D eigenvalue weighted by molar-refractivity contribution is 7.85. The minimum Gasteiger partial charge on any atom is -0.367 e. The van der Waals surface area contributed by atoms with E-state index in [-0.39, 0.29) is 11.9 Å². The number of hydrogen-bond acceptors (Lipinski definition) is 4. The summed E-state index contributed by atoms with van der Waals surface area (Å²) in [6, 6.07) is 12.9. The molecule has 0 fully saturated rings. The highest BCUT2D eigenvalue weighted by Crippen LogP contribution is 2.12. The molecule has 2 rings (SSSR count). The first-order chi connectivity index (χ1) is 11.1. The van der Waals surface area contributed by atoms with E-state index in [1.807, 2.05) is 44.2 Å². The predicted molar refractivity (Wildman–Crippen MR) is 93.0 cm³/mol. The van der Waals surface area contributed by atoms with Crippen LogP contribution in [0.5, 0.6) is 0 Å². The van der Waals surface area contributed by atoms with Crippen molar-refractivity contribution in [3.8, 4) is 0 Å². The quantitative estimate of drug-likeness (QED) is 0.817. The molecular formula is C17H21N3O2S. The van der Waals surface area contributed by atoms with Crippen LogP contribution in [0.3, 0.4) is 0 Å². The summed E-state index contributed by atoms with van der Waals surface area (Å²) in [5.74, 6) is 0.721. The lowest BCUT2D eigenvalue weighted by molar-refractivity contribution is 0.0956. The number of anilines is 1. The summed E-state index contributed by atoms with van der Waals surface area (Å²) in [6.45, 7) is 4.31. The van der Waals surface area contributed by atoms with Crippen molar-refractivity contribution in [3.63, 3.8) is 0 Å². The first-order valence-electron chi connectivity index (χ1n) is 7.51. The standard InChI is InChI=1S/C17H21N3O2S/c1-13(2)20-16-15(9-6-10-18-16)17(21)19-11-12-23(22)14-7-4-3-5-8-14/h3-10,13H,11-12H2,1-2H3,(H,18,20)(H,19,21). The van der Waals surface area contributed by atoms with E-state index in [4.69, 9.17) is 0 Å². The van der Waals surface area contributed by atoms with E-state index in [1.165, 1.54) is 0 Å². The van der Waals surface area contributed by atoms with Gasteiger partial charge in [0.15, 0.2) is 0 Å². The Kier molecular flexibility index (Phi) is 6.29. The number of aromatic nitrogens is 1. The minimum absolute atomic E-state index is 0.182. The molecule has 1 unspecified atom stereocenters. The zero-order chi connectivity index (χ0) is 16.7. The van der Waals surface area contributed by atoms with Crippen LogP contribution >= 0.6 is 0 Å². The molecule has 0 aliphatic carbocycles. The van der Waals surface area contributed by atoms with E-state index >= 15 is 0 Å². The molecule has 0 saturated carbocycles. The van der Waals surface area contributed by atoms with Crippen LogP contribution in [-0.2, 0) is 10.8 Å². The molecule has 1 atom stereocenters. The summed E-state index contributed by atoms with van der Waals surface area (Å²) in [4.78, 5) is 17.2. The van der Waals surface area contributed by atoms with Crippen molar-refractivity contribution < 1.29 is 9.00 Å². The van der Waals surface area contributed by atoms with Crippen LogP contribution in [0.4, 0.5) is 5.82 Å². The van der Waals surface area contributed by atoms with E-state index in [0.717, 1.165) is 4.90 Å². The Bertz CT molecular complexity index is 675. The summed E-state index contributed by atoms with van der Waals surface area (Å²) in [6.07, 6.45) is 1.64. The zero-order valence-electron chi connectivity index (χ0n) is 13.3. The fraction of sp³-hybridized carbons (Fsp3) is 0.294. The minimum atomic E-state index is -1.12. The third-order valence-electron chi connectivity index (χ3n) is 3.06. The molecule has 2 aromatic rings. The van der Waals surface area contributed by atoms with Crippen LogP contribution in [0.1, 0.15) is 24.2 Å². The Labute approximate surface area is 139 Å². The Morgan fingerprint density at radius 2 is 1.91 bits per heavy atom. The highest BCUT2D eigenvalue weighted by atomic mass is 32.2. The van der Waals surface area contributed by atoms with Gasteiger partial charge in [-0.1, -0.05) is 18.2 Å². The lowest BCUT2D eigenvalue weighted by Gasteiger charge is -2.13. The van der Waals surface area contributed by atoms with E-state index in [1.54, 1.807) is 18.3 Å². The summed E-state index contributed by atoms with van der Waals surface area (Å²) < 4.78 is 12.1. The largest absolute Gasteiger partial charge is 0.367 e. The number of pyridine rings is 1. The second-order valence-corrected chi connectivity index (χ2v) is 6.89. The monoisotopic (exact) mass is 331 g/mol. The molecule has 0 saturated heterocycles. The zero-order valence-corrected chi connectivity index (χ0v) is 14.1. The van der Waals surface area contributed by atoms with Gasteiger partial charge >= 0.3 is 0 Å². The highest BCUT2D eigenvalue weighted by Gasteiger charge is 2.13. The van der Waals surface area contributed by atoms with Gasteiger partial charge in [-0.3, -0.25) is 9.00 Å². The molecular weight excluding hydrogens is 310 g/mol. The van der Waals surface area contributed by atoms with Crippen molar-refractivity contribution in [1.82, 2.24) is 10.3 Å². The van der Waals surface area contributed by atoms with Gasteiger partial charge in [-0.25, -0.2) is 4.98 Å². The van der Waals surface area contributed by atoms with Crippen LogP contribution in [-0.4, -0.2) is 33.4 Å². The fourth-order valence-corrected chi connectivity index (χ4v) is 3.00. The molecule has 2 N–H and O–H groups in total. The predicted octanol–water partition coefficient (Wildman–Crippen LogP) is 2.44. The Morgan fingerprint density at radius 1 is 1.17 bits per heavy atom. The summed E-state index contributed by atoms with van der Waals surface area (Å²) >= 11 is 0. The van der Waals surface area contributed by atoms with Crippen LogP contribution in [0.25, 0.3) is 0 Å². The molecule has 6 heteroatoms. The second-order valence-electron chi connectivity index (χ2n) is 5.32. The molecule has 122 valence electrons. The first-order valence-corrected chi connectivity index (χ1v) is 8.83. The molecule has 5 nitrogen and oxygen atoms in total. The smallest absolute Gasteiger partial charge is 0.255 e. The van der Waals surface area contributed by atoms with Crippen molar-refractivity contribution in [2.75, 3.05) is 17.6 Å². The Morgan fingerprint density at radius 3 is 2.61 bits per heavy atom. The molecule has 1 heterocycles.